The monoisotopic (exact) mass is 922 g/mol. The zero-order valence-corrected chi connectivity index (χ0v) is 39.5. The van der Waals surface area contributed by atoms with E-state index in [2.05, 4.69) is 174 Å². The average Bonchev–Trinajstić information content (AvgIpc) is 3.44. The number of pyridine rings is 4. The lowest BCUT2D eigenvalue weighted by Gasteiger charge is -2.32. The zero-order chi connectivity index (χ0) is 47.3. The predicted octanol–water partition coefficient (Wildman–Crippen LogP) is 14.2. The lowest BCUT2D eigenvalue weighted by atomic mass is 9.72. The Balaban J connectivity index is 1.11. The normalized spacial score (nSPS) is 15.6. The maximum absolute atomic E-state index is 4.95. The summed E-state index contributed by atoms with van der Waals surface area (Å²) in [6.07, 6.45) is 31.2. The summed E-state index contributed by atoms with van der Waals surface area (Å²) in [5, 5.41) is 10.5. The third-order valence-electron chi connectivity index (χ3n) is 15.6. The molecule has 5 aliphatic carbocycles. The van der Waals surface area contributed by atoms with Crippen molar-refractivity contribution in [1.82, 2.24) is 19.9 Å². The SMILES string of the molecule is C1=CC2=c3c(ccc4c3=C(C=CC4)C(c3c4ccc(N(c5ccccn5)c5ccccn5)cc4c(-c4cc5c6c(ccc7c6c4C=CC7)CC=C5)c4ccc(N(c5ccccn5)c5ccccn5)cc34)C2)C1. The summed E-state index contributed by atoms with van der Waals surface area (Å²) in [6, 6.07) is 50.6. The molecule has 340 valence electrons. The van der Waals surface area contributed by atoms with E-state index in [-0.39, 0.29) is 5.92 Å². The van der Waals surface area contributed by atoms with E-state index < -0.39 is 0 Å². The number of hydrogen-bond acceptors (Lipinski definition) is 6. The molecule has 4 aromatic heterocycles. The molecule has 0 aliphatic heterocycles. The second kappa shape index (κ2) is 16.3. The standard InChI is InChI=1S/C66H46N6/c1-5-33-67-57(21-1)71(58-22-2-6-34-68-58)47-29-31-51-55(39-47)65(53-37-45-17-9-13-41-25-27-43-15-11-19-49(53)63(43)61(41)45)52-32-30-48(72(59-23-3-7-35-69-59)60-24-4-8-36-70-60)40-56(52)66(51)54-38-46-18-10-14-42-26-28-44-16-12-20-50(54)64(44)62(42)46/h1-12,17-37,39-40,54H,13-16,38H2. The summed E-state index contributed by atoms with van der Waals surface area (Å²) in [5.41, 5.74) is 16.8. The first-order valence-corrected chi connectivity index (χ1v) is 25.2. The molecule has 4 heterocycles. The van der Waals surface area contributed by atoms with Gasteiger partial charge < -0.3 is 0 Å². The van der Waals surface area contributed by atoms with Gasteiger partial charge in [-0.3, -0.25) is 9.80 Å². The van der Waals surface area contributed by atoms with Gasteiger partial charge in [-0.25, -0.2) is 19.9 Å². The van der Waals surface area contributed by atoms with Crippen LogP contribution in [0.15, 0.2) is 201 Å². The number of aromatic nitrogens is 4. The lowest BCUT2D eigenvalue weighted by molar-refractivity contribution is 0.879. The van der Waals surface area contributed by atoms with Gasteiger partial charge >= 0.3 is 0 Å². The van der Waals surface area contributed by atoms with Crippen molar-refractivity contribution >= 4 is 90.3 Å². The highest BCUT2D eigenvalue weighted by atomic mass is 15.2. The average molecular weight is 923 g/mol. The summed E-state index contributed by atoms with van der Waals surface area (Å²) in [7, 11) is 0. The van der Waals surface area contributed by atoms with E-state index in [1.54, 1.807) is 0 Å². The van der Waals surface area contributed by atoms with Crippen molar-refractivity contribution in [2.75, 3.05) is 9.80 Å². The third-order valence-corrected chi connectivity index (χ3v) is 15.6. The predicted molar refractivity (Wildman–Crippen MR) is 296 cm³/mol. The van der Waals surface area contributed by atoms with E-state index >= 15 is 0 Å². The highest BCUT2D eigenvalue weighted by Gasteiger charge is 2.32. The van der Waals surface area contributed by atoms with Crippen LogP contribution in [-0.4, -0.2) is 19.9 Å². The minimum Gasteiger partial charge on any atom is -0.279 e. The Morgan fingerprint density at radius 3 is 1.57 bits per heavy atom. The molecule has 5 aliphatic rings. The number of hydrogen-bond donors (Lipinski definition) is 0. The van der Waals surface area contributed by atoms with Crippen LogP contribution < -0.4 is 20.2 Å². The molecule has 6 aromatic carbocycles. The van der Waals surface area contributed by atoms with Crippen molar-refractivity contribution in [3.05, 3.63) is 250 Å². The van der Waals surface area contributed by atoms with Gasteiger partial charge in [-0.1, -0.05) is 109 Å². The molecule has 0 spiro atoms. The second-order valence-corrected chi connectivity index (χ2v) is 19.5. The number of anilines is 6. The molecular formula is C66H46N6. The molecular weight excluding hydrogens is 877 g/mol. The Labute approximate surface area is 417 Å². The molecule has 1 atom stereocenters. The van der Waals surface area contributed by atoms with Crippen LogP contribution >= 0.6 is 0 Å². The van der Waals surface area contributed by atoms with Gasteiger partial charge in [0.25, 0.3) is 0 Å². The lowest BCUT2D eigenvalue weighted by Crippen LogP contribution is -2.41. The van der Waals surface area contributed by atoms with Crippen molar-refractivity contribution in [3.63, 3.8) is 0 Å². The van der Waals surface area contributed by atoms with E-state index in [0.717, 1.165) is 66.8 Å². The molecule has 0 saturated heterocycles. The Hall–Kier alpha value is -9.00. The smallest absolute Gasteiger partial charge is 0.138 e. The zero-order valence-electron chi connectivity index (χ0n) is 39.5. The fourth-order valence-electron chi connectivity index (χ4n) is 12.7. The van der Waals surface area contributed by atoms with Crippen molar-refractivity contribution in [1.29, 1.82) is 0 Å². The maximum atomic E-state index is 4.95. The summed E-state index contributed by atoms with van der Waals surface area (Å²) in [5.74, 6) is 3.27. The number of rotatable bonds is 8. The van der Waals surface area contributed by atoms with Crippen molar-refractivity contribution in [2.24, 2.45) is 0 Å². The van der Waals surface area contributed by atoms with E-state index in [1.165, 1.54) is 104 Å². The Morgan fingerprint density at radius 1 is 0.417 bits per heavy atom. The van der Waals surface area contributed by atoms with Gasteiger partial charge in [-0.05, 0) is 215 Å². The van der Waals surface area contributed by atoms with Crippen LogP contribution in [0.4, 0.5) is 34.6 Å². The first kappa shape index (κ1) is 40.8. The van der Waals surface area contributed by atoms with Gasteiger partial charge in [0.15, 0.2) is 0 Å². The van der Waals surface area contributed by atoms with Gasteiger partial charge in [-0.2, -0.15) is 0 Å². The van der Waals surface area contributed by atoms with E-state index in [1.807, 2.05) is 49.1 Å². The molecule has 10 aromatic rings. The summed E-state index contributed by atoms with van der Waals surface area (Å²) >= 11 is 0. The highest BCUT2D eigenvalue weighted by Crippen LogP contribution is 2.52. The van der Waals surface area contributed by atoms with Gasteiger partial charge in [0.05, 0.1) is 0 Å². The Morgan fingerprint density at radius 2 is 0.944 bits per heavy atom. The van der Waals surface area contributed by atoms with Crippen LogP contribution in [0.5, 0.6) is 0 Å². The molecule has 6 nitrogen and oxygen atoms in total. The van der Waals surface area contributed by atoms with Crippen LogP contribution in [0.1, 0.15) is 51.3 Å². The molecule has 72 heavy (non-hydrogen) atoms. The molecule has 15 rings (SSSR count). The second-order valence-electron chi connectivity index (χ2n) is 19.5. The van der Waals surface area contributed by atoms with E-state index in [0.29, 0.717) is 0 Å². The van der Waals surface area contributed by atoms with Gasteiger partial charge in [0.2, 0.25) is 0 Å². The first-order valence-electron chi connectivity index (χ1n) is 25.2. The van der Waals surface area contributed by atoms with Gasteiger partial charge in [0, 0.05) is 42.1 Å². The largest absolute Gasteiger partial charge is 0.279 e. The molecule has 0 radical (unpaired) electrons. The fraction of sp³-hybridized carbons (Fsp3) is 0.0909. The van der Waals surface area contributed by atoms with Crippen molar-refractivity contribution in [3.8, 4) is 11.1 Å². The molecule has 0 N–H and O–H groups in total. The van der Waals surface area contributed by atoms with Crippen molar-refractivity contribution < 1.29 is 0 Å². The number of fused-ring (bicyclic) bond motifs is 2. The maximum Gasteiger partial charge on any atom is 0.138 e. The minimum absolute atomic E-state index is 0.0508. The molecule has 0 amide bonds. The molecule has 1 unspecified atom stereocenters. The van der Waals surface area contributed by atoms with Gasteiger partial charge in [-0.15, -0.1) is 0 Å². The van der Waals surface area contributed by atoms with Crippen LogP contribution in [0.25, 0.3) is 66.7 Å². The number of benzene rings is 6. The molecule has 0 bridgehead atoms. The number of allylic oxidation sites excluding steroid dienone is 6. The molecule has 0 fully saturated rings. The quantitative estimate of drug-likeness (QED) is 0.142. The van der Waals surface area contributed by atoms with Crippen LogP contribution in [0.2, 0.25) is 0 Å². The van der Waals surface area contributed by atoms with Crippen molar-refractivity contribution in [2.45, 2.75) is 38.0 Å². The third kappa shape index (κ3) is 6.28. The summed E-state index contributed by atoms with van der Waals surface area (Å²) < 4.78 is 0. The minimum atomic E-state index is 0.0508. The first-order chi connectivity index (χ1) is 35.7. The van der Waals surface area contributed by atoms with Crippen LogP contribution in [0, 0.1) is 0 Å². The van der Waals surface area contributed by atoms with E-state index in [9.17, 15) is 0 Å². The summed E-state index contributed by atoms with van der Waals surface area (Å²) in [6.45, 7) is 0. The number of nitrogens with zero attached hydrogens (tertiary/aromatic N) is 6. The van der Waals surface area contributed by atoms with Crippen LogP contribution in [0.3, 0.4) is 0 Å². The summed E-state index contributed by atoms with van der Waals surface area (Å²) in [4.78, 5) is 24.2. The Kier molecular flexibility index (Phi) is 9.24. The molecule has 6 heteroatoms. The molecule has 0 saturated carbocycles. The topological polar surface area (TPSA) is 58.0 Å². The Bertz CT molecular complexity index is 4100. The van der Waals surface area contributed by atoms with Gasteiger partial charge in [0.1, 0.15) is 23.3 Å². The highest BCUT2D eigenvalue weighted by molar-refractivity contribution is 6.20. The van der Waals surface area contributed by atoms with E-state index in [4.69, 9.17) is 19.9 Å². The fourth-order valence-corrected chi connectivity index (χ4v) is 12.7. The van der Waals surface area contributed by atoms with Crippen LogP contribution in [-0.2, 0) is 25.7 Å².